The Morgan fingerprint density at radius 2 is 1.41 bits per heavy atom. The van der Waals surface area contributed by atoms with Crippen molar-refractivity contribution in [2.24, 2.45) is 0 Å². The second kappa shape index (κ2) is 8.37. The molecule has 0 fully saturated rings. The van der Waals surface area contributed by atoms with E-state index >= 15 is 0 Å². The molecule has 1 aromatic rings. The van der Waals surface area contributed by atoms with Gasteiger partial charge in [0.15, 0.2) is 0 Å². The Labute approximate surface area is 159 Å². The number of carboxylic acids is 2. The molecule has 0 aromatic heterocycles. The number of hydrogen-bond donors (Lipinski definition) is 2. The summed E-state index contributed by atoms with van der Waals surface area (Å²) in [7, 11) is 0. The Morgan fingerprint density at radius 1 is 0.926 bits per heavy atom. The molecule has 0 unspecified atom stereocenters. The van der Waals surface area contributed by atoms with Gasteiger partial charge in [0.05, 0.1) is 0 Å². The topological polar surface area (TPSA) is 101 Å². The summed E-state index contributed by atoms with van der Waals surface area (Å²) in [4.78, 5) is 33.7. The number of ether oxygens (including phenoxy) is 1. The fourth-order valence-corrected chi connectivity index (χ4v) is 2.58. The third-order valence-corrected chi connectivity index (χ3v) is 3.96. The summed E-state index contributed by atoms with van der Waals surface area (Å²) >= 11 is 0. The van der Waals surface area contributed by atoms with Gasteiger partial charge in [-0.2, -0.15) is 0 Å². The van der Waals surface area contributed by atoms with Crippen molar-refractivity contribution in [1.82, 2.24) is 0 Å². The van der Waals surface area contributed by atoms with E-state index in [0.717, 1.165) is 28.8 Å². The third kappa shape index (κ3) is 6.89. The number of aryl methyl sites for hydroxylation is 1. The van der Waals surface area contributed by atoms with E-state index in [-0.39, 0.29) is 17.3 Å². The van der Waals surface area contributed by atoms with E-state index in [1.807, 2.05) is 53.7 Å². The molecular weight excluding hydrogens is 348 g/mol. The van der Waals surface area contributed by atoms with Crippen LogP contribution in [-0.4, -0.2) is 28.1 Å². The molecule has 0 spiro atoms. The largest absolute Gasteiger partial charge is 0.481 e. The molecule has 0 aliphatic heterocycles. The highest BCUT2D eigenvalue weighted by atomic mass is 16.5. The Kier molecular flexibility index (Phi) is 6.95. The maximum atomic E-state index is 12.1. The molecule has 1 rings (SSSR count). The number of hydrogen-bond acceptors (Lipinski definition) is 4. The number of esters is 1. The van der Waals surface area contributed by atoms with E-state index < -0.39 is 17.9 Å². The Balaban J connectivity index is 3.54. The monoisotopic (exact) mass is 376 g/mol. The summed E-state index contributed by atoms with van der Waals surface area (Å²) in [6.45, 7) is 11.8. The van der Waals surface area contributed by atoms with Crippen LogP contribution in [0.3, 0.4) is 0 Å². The molecular formula is C21H28O6. The van der Waals surface area contributed by atoms with Crippen LogP contribution in [0.4, 0.5) is 0 Å². The quantitative estimate of drug-likeness (QED) is 0.444. The lowest BCUT2D eigenvalue weighted by Gasteiger charge is -2.30. The molecule has 2 N–H and O–H groups in total. The minimum absolute atomic E-state index is 0.00759. The van der Waals surface area contributed by atoms with E-state index in [4.69, 9.17) is 14.9 Å². The van der Waals surface area contributed by atoms with Crippen molar-refractivity contribution in [2.75, 3.05) is 0 Å². The van der Waals surface area contributed by atoms with Gasteiger partial charge in [-0.05, 0) is 22.8 Å². The number of benzene rings is 1. The first-order valence-electron chi connectivity index (χ1n) is 8.74. The lowest BCUT2D eigenvalue weighted by atomic mass is 9.78. The fraction of sp³-hybridized carbons (Fsp3) is 0.476. The first kappa shape index (κ1) is 22.4. The van der Waals surface area contributed by atoms with Gasteiger partial charge in [0.1, 0.15) is 5.75 Å². The SMILES string of the molecule is CC(C)(C)c1cc(CCC(=O)O)cc(C(C)(C)C)c1OC(=O)/C=C\C(=O)O. The zero-order valence-electron chi connectivity index (χ0n) is 16.8. The molecule has 0 saturated carbocycles. The zero-order valence-corrected chi connectivity index (χ0v) is 16.8. The number of carbonyl (C=O) groups excluding carboxylic acids is 1. The van der Waals surface area contributed by atoms with Crippen molar-refractivity contribution in [3.8, 4) is 5.75 Å². The number of rotatable bonds is 6. The fourth-order valence-electron chi connectivity index (χ4n) is 2.58. The average Bonchev–Trinajstić information content (AvgIpc) is 2.49. The summed E-state index contributed by atoms with van der Waals surface area (Å²) < 4.78 is 5.56. The highest BCUT2D eigenvalue weighted by molar-refractivity contribution is 5.92. The normalized spacial score (nSPS) is 12.2. The molecule has 1 aromatic carbocycles. The van der Waals surface area contributed by atoms with Gasteiger partial charge in [0.25, 0.3) is 0 Å². The Morgan fingerprint density at radius 3 is 1.78 bits per heavy atom. The minimum atomic E-state index is -1.23. The van der Waals surface area contributed by atoms with Crippen LogP contribution in [0.25, 0.3) is 0 Å². The number of carbonyl (C=O) groups is 3. The first-order valence-corrected chi connectivity index (χ1v) is 8.74. The molecule has 0 aliphatic rings. The predicted octanol–water partition coefficient (Wildman–Crippen LogP) is 3.85. The summed E-state index contributed by atoms with van der Waals surface area (Å²) in [6.07, 6.45) is 1.99. The van der Waals surface area contributed by atoms with Crippen molar-refractivity contribution in [3.63, 3.8) is 0 Å². The van der Waals surface area contributed by atoms with Crippen molar-refractivity contribution in [1.29, 1.82) is 0 Å². The third-order valence-electron chi connectivity index (χ3n) is 3.96. The van der Waals surface area contributed by atoms with Gasteiger partial charge in [0, 0.05) is 29.7 Å². The van der Waals surface area contributed by atoms with Gasteiger partial charge >= 0.3 is 17.9 Å². The van der Waals surface area contributed by atoms with Gasteiger partial charge in [0.2, 0.25) is 0 Å². The standard InChI is InChI=1S/C21H28O6/c1-20(2,3)14-11-13(7-8-16(22)23)12-15(21(4,5)6)19(14)27-18(26)10-9-17(24)25/h9-12H,7-8H2,1-6H3,(H,22,23)(H,24,25)/b10-9-. The van der Waals surface area contributed by atoms with Gasteiger partial charge in [-0.25, -0.2) is 9.59 Å². The van der Waals surface area contributed by atoms with E-state index in [2.05, 4.69) is 0 Å². The molecule has 0 atom stereocenters. The van der Waals surface area contributed by atoms with Crippen molar-refractivity contribution < 1.29 is 29.3 Å². The lowest BCUT2D eigenvalue weighted by molar-refractivity contribution is -0.137. The second-order valence-corrected chi connectivity index (χ2v) is 8.51. The van der Waals surface area contributed by atoms with Crippen LogP contribution in [0.2, 0.25) is 0 Å². The molecule has 0 radical (unpaired) electrons. The second-order valence-electron chi connectivity index (χ2n) is 8.51. The Hall–Kier alpha value is -2.63. The Bertz CT molecular complexity index is 725. The lowest BCUT2D eigenvalue weighted by Crippen LogP contribution is -2.22. The molecule has 0 bridgehead atoms. The van der Waals surface area contributed by atoms with E-state index in [9.17, 15) is 14.4 Å². The molecule has 0 saturated heterocycles. The van der Waals surface area contributed by atoms with Crippen LogP contribution >= 0.6 is 0 Å². The average molecular weight is 376 g/mol. The van der Waals surface area contributed by atoms with Crippen LogP contribution < -0.4 is 4.74 Å². The predicted molar refractivity (Wildman–Crippen MR) is 102 cm³/mol. The summed E-state index contributed by atoms with van der Waals surface area (Å²) in [5.74, 6) is -2.48. The van der Waals surface area contributed by atoms with Crippen LogP contribution in [0.15, 0.2) is 24.3 Å². The zero-order chi connectivity index (χ0) is 21.0. The smallest absolute Gasteiger partial charge is 0.336 e. The van der Waals surface area contributed by atoms with Crippen molar-refractivity contribution in [3.05, 3.63) is 41.0 Å². The van der Waals surface area contributed by atoms with E-state index in [1.165, 1.54) is 0 Å². The molecule has 6 nitrogen and oxygen atoms in total. The number of aliphatic carboxylic acids is 2. The molecule has 148 valence electrons. The first-order chi connectivity index (χ1) is 12.2. The van der Waals surface area contributed by atoms with Crippen LogP contribution in [-0.2, 0) is 31.6 Å². The molecule has 0 amide bonds. The maximum Gasteiger partial charge on any atom is 0.336 e. The summed E-state index contributed by atoms with van der Waals surface area (Å²) in [5, 5.41) is 17.7. The summed E-state index contributed by atoms with van der Waals surface area (Å²) in [5.41, 5.74) is 1.66. The van der Waals surface area contributed by atoms with Gasteiger partial charge in [-0.3, -0.25) is 4.79 Å². The minimum Gasteiger partial charge on any atom is -0.481 e. The van der Waals surface area contributed by atoms with Crippen LogP contribution in [0.1, 0.15) is 64.7 Å². The molecule has 0 aliphatic carbocycles. The van der Waals surface area contributed by atoms with Gasteiger partial charge < -0.3 is 14.9 Å². The van der Waals surface area contributed by atoms with Gasteiger partial charge in [-0.15, -0.1) is 0 Å². The summed E-state index contributed by atoms with van der Waals surface area (Å²) in [6, 6.07) is 3.73. The van der Waals surface area contributed by atoms with E-state index in [1.54, 1.807) is 0 Å². The number of carboxylic acid groups (broad SMARTS) is 2. The highest BCUT2D eigenvalue weighted by Crippen LogP contribution is 2.41. The van der Waals surface area contributed by atoms with Crippen LogP contribution in [0, 0.1) is 0 Å². The maximum absolute atomic E-state index is 12.1. The van der Waals surface area contributed by atoms with Crippen LogP contribution in [0.5, 0.6) is 5.75 Å². The van der Waals surface area contributed by atoms with Crippen molar-refractivity contribution in [2.45, 2.75) is 65.2 Å². The van der Waals surface area contributed by atoms with Gasteiger partial charge in [-0.1, -0.05) is 53.7 Å². The van der Waals surface area contributed by atoms with Crippen molar-refractivity contribution >= 4 is 17.9 Å². The molecule has 6 heteroatoms. The van der Waals surface area contributed by atoms with E-state index in [0.29, 0.717) is 12.2 Å². The highest BCUT2D eigenvalue weighted by Gasteiger charge is 2.29. The molecule has 0 heterocycles. The molecule has 27 heavy (non-hydrogen) atoms.